The number of rotatable bonds is 5. The summed E-state index contributed by atoms with van der Waals surface area (Å²) in [7, 11) is 0. The zero-order chi connectivity index (χ0) is 23.1. The highest BCUT2D eigenvalue weighted by molar-refractivity contribution is 5.77. The summed E-state index contributed by atoms with van der Waals surface area (Å²) < 4.78 is 11.2. The Morgan fingerprint density at radius 2 is 1.03 bits per heavy atom. The first kappa shape index (κ1) is 25.0. The van der Waals surface area contributed by atoms with E-state index in [9.17, 15) is 20.0 Å². The minimum atomic E-state index is -0.618. The highest BCUT2D eigenvalue weighted by atomic mass is 16.6. The van der Waals surface area contributed by atoms with Crippen LogP contribution in [0.2, 0.25) is 0 Å². The fraction of sp³-hybridized carbons (Fsp3) is 0.909. The van der Waals surface area contributed by atoms with Crippen LogP contribution in [0.4, 0.5) is 0 Å². The van der Waals surface area contributed by atoms with Crippen molar-refractivity contribution in [2.45, 2.75) is 128 Å². The monoisotopic (exact) mass is 427 g/mol. The highest BCUT2D eigenvalue weighted by Crippen LogP contribution is 2.39. The van der Waals surface area contributed by atoms with Crippen molar-refractivity contribution >= 4 is 11.9 Å². The van der Waals surface area contributed by atoms with E-state index in [1.54, 1.807) is 0 Å². The molecular formula is C22H39N2O6. The molecule has 1 N–H and O–H groups in total. The van der Waals surface area contributed by atoms with Crippen molar-refractivity contribution in [3.63, 3.8) is 0 Å². The van der Waals surface area contributed by atoms with Crippen LogP contribution in [0.5, 0.6) is 0 Å². The number of carbonyl (C=O) groups is 2. The van der Waals surface area contributed by atoms with Crippen LogP contribution in [-0.4, -0.2) is 61.6 Å². The van der Waals surface area contributed by atoms with E-state index >= 15 is 0 Å². The Morgan fingerprint density at radius 3 is 1.37 bits per heavy atom. The zero-order valence-corrected chi connectivity index (χ0v) is 19.8. The third-order valence-corrected chi connectivity index (χ3v) is 6.28. The number of ether oxygens (including phenoxy) is 2. The summed E-state index contributed by atoms with van der Waals surface area (Å²) in [6.07, 6.45) is 1.18. The third kappa shape index (κ3) is 5.72. The summed E-state index contributed by atoms with van der Waals surface area (Å²) >= 11 is 0. The summed E-state index contributed by atoms with van der Waals surface area (Å²) in [5, 5.41) is 25.2. The van der Waals surface area contributed by atoms with E-state index in [0.717, 1.165) is 5.06 Å². The van der Waals surface area contributed by atoms with E-state index < -0.39 is 34.1 Å². The van der Waals surface area contributed by atoms with Gasteiger partial charge < -0.3 is 14.7 Å². The van der Waals surface area contributed by atoms with Crippen LogP contribution < -0.4 is 0 Å². The fourth-order valence-electron chi connectivity index (χ4n) is 5.21. The molecule has 0 aliphatic carbocycles. The van der Waals surface area contributed by atoms with Gasteiger partial charge in [-0.15, -0.1) is 10.3 Å². The minimum absolute atomic E-state index is 0.0494. The molecule has 2 rings (SSSR count). The molecule has 0 saturated carbocycles. The molecule has 2 aliphatic heterocycles. The second kappa shape index (κ2) is 8.37. The quantitative estimate of drug-likeness (QED) is 0.669. The Balaban J connectivity index is 1.83. The molecule has 0 bridgehead atoms. The Labute approximate surface area is 180 Å². The number of hydrogen-bond acceptors (Lipinski definition) is 7. The molecule has 0 atom stereocenters. The van der Waals surface area contributed by atoms with Gasteiger partial charge in [0.2, 0.25) is 0 Å². The molecule has 0 aromatic rings. The van der Waals surface area contributed by atoms with Crippen LogP contribution >= 0.6 is 0 Å². The van der Waals surface area contributed by atoms with Gasteiger partial charge in [-0.2, -0.15) is 5.06 Å². The molecule has 2 heterocycles. The molecule has 1 radical (unpaired) electrons. The summed E-state index contributed by atoms with van der Waals surface area (Å²) in [5.41, 5.74) is -2.26. The van der Waals surface area contributed by atoms with Crippen molar-refractivity contribution in [2.24, 2.45) is 0 Å². The summed E-state index contributed by atoms with van der Waals surface area (Å²) in [6, 6.07) is 0. The first-order valence-electron chi connectivity index (χ1n) is 10.8. The zero-order valence-electron chi connectivity index (χ0n) is 19.8. The van der Waals surface area contributed by atoms with E-state index in [2.05, 4.69) is 0 Å². The molecule has 8 nitrogen and oxygen atoms in total. The maximum absolute atomic E-state index is 12.4. The van der Waals surface area contributed by atoms with E-state index in [-0.39, 0.29) is 25.0 Å². The van der Waals surface area contributed by atoms with Gasteiger partial charge in [0.25, 0.3) is 0 Å². The lowest BCUT2D eigenvalue weighted by molar-refractivity contribution is -0.299. The average molecular weight is 428 g/mol. The van der Waals surface area contributed by atoms with Gasteiger partial charge in [0, 0.05) is 47.8 Å². The van der Waals surface area contributed by atoms with Crippen LogP contribution in [0.3, 0.4) is 0 Å². The normalized spacial score (nSPS) is 26.9. The van der Waals surface area contributed by atoms with Gasteiger partial charge in [-0.1, -0.05) is 0 Å². The van der Waals surface area contributed by atoms with E-state index in [4.69, 9.17) is 9.47 Å². The van der Waals surface area contributed by atoms with Crippen LogP contribution in [0.15, 0.2) is 0 Å². The van der Waals surface area contributed by atoms with Gasteiger partial charge in [-0.3, -0.25) is 9.59 Å². The van der Waals surface area contributed by atoms with Crippen molar-refractivity contribution in [3.8, 4) is 0 Å². The predicted molar refractivity (Wildman–Crippen MR) is 110 cm³/mol. The van der Waals surface area contributed by atoms with Gasteiger partial charge in [-0.05, 0) is 55.4 Å². The van der Waals surface area contributed by atoms with Gasteiger partial charge >= 0.3 is 11.9 Å². The lowest BCUT2D eigenvalue weighted by atomic mass is 9.80. The smallest absolute Gasteiger partial charge is 0.306 e. The summed E-state index contributed by atoms with van der Waals surface area (Å²) in [4.78, 5) is 24.6. The van der Waals surface area contributed by atoms with Crippen molar-refractivity contribution in [1.82, 2.24) is 10.1 Å². The van der Waals surface area contributed by atoms with E-state index in [1.807, 2.05) is 55.4 Å². The van der Waals surface area contributed by atoms with E-state index in [1.165, 1.54) is 5.06 Å². The van der Waals surface area contributed by atoms with E-state index in [0.29, 0.717) is 25.7 Å². The largest absolute Gasteiger partial charge is 0.462 e. The van der Waals surface area contributed by atoms with Gasteiger partial charge in [-0.25, -0.2) is 0 Å². The molecule has 2 aliphatic rings. The molecule has 0 unspecified atom stereocenters. The molecule has 0 aromatic carbocycles. The number of hydrogen-bond donors (Lipinski definition) is 1. The number of nitrogens with zero attached hydrogens (tertiary/aromatic N) is 2. The second-order valence-electron chi connectivity index (χ2n) is 11.4. The molecule has 2 fully saturated rings. The number of carbonyl (C=O) groups excluding carboxylic acids is 2. The minimum Gasteiger partial charge on any atom is -0.462 e. The Bertz CT molecular complexity index is 566. The lowest BCUT2D eigenvalue weighted by Gasteiger charge is -2.50. The number of esters is 2. The van der Waals surface area contributed by atoms with Crippen LogP contribution in [-0.2, 0) is 24.3 Å². The van der Waals surface area contributed by atoms with Crippen molar-refractivity contribution < 1.29 is 29.5 Å². The number of piperidine rings is 2. The molecule has 2 saturated heterocycles. The maximum atomic E-state index is 12.4. The average Bonchev–Trinajstić information content (AvgIpc) is 2.54. The second-order valence-corrected chi connectivity index (χ2v) is 11.4. The molecule has 8 heteroatoms. The van der Waals surface area contributed by atoms with Gasteiger partial charge in [0.15, 0.2) is 0 Å². The van der Waals surface area contributed by atoms with Crippen molar-refractivity contribution in [2.75, 3.05) is 0 Å². The van der Waals surface area contributed by atoms with Crippen molar-refractivity contribution in [3.05, 3.63) is 0 Å². The predicted octanol–water partition coefficient (Wildman–Crippen LogP) is 3.63. The van der Waals surface area contributed by atoms with Gasteiger partial charge in [0.1, 0.15) is 12.2 Å². The lowest BCUT2D eigenvalue weighted by Crippen LogP contribution is -2.60. The summed E-state index contributed by atoms with van der Waals surface area (Å²) in [5.74, 6) is -0.890. The Hall–Kier alpha value is -1.22. The first-order valence-corrected chi connectivity index (χ1v) is 10.8. The highest BCUT2D eigenvalue weighted by Gasteiger charge is 2.48. The number of hydroxylamine groups is 4. The molecule has 0 spiro atoms. The molecule has 173 valence electrons. The SMILES string of the molecule is CC1(C)CC(OC(=O)CCC(=O)OC2CC(C)(C)N(O)C(C)(C)C2)CC(C)(C)N1[O]. The third-order valence-electron chi connectivity index (χ3n) is 6.28. The molecular weight excluding hydrogens is 388 g/mol. The first-order chi connectivity index (χ1) is 13.5. The topological polar surface area (TPSA) is 99.2 Å². The Kier molecular flexibility index (Phi) is 6.99. The fourth-order valence-corrected chi connectivity index (χ4v) is 5.21. The Morgan fingerprint density at radius 1 is 0.733 bits per heavy atom. The van der Waals surface area contributed by atoms with Crippen LogP contribution in [0, 0.1) is 0 Å². The molecule has 0 aromatic heterocycles. The van der Waals surface area contributed by atoms with Crippen molar-refractivity contribution in [1.29, 1.82) is 0 Å². The molecule has 30 heavy (non-hydrogen) atoms. The standard InChI is InChI=1S/C22H39N2O6/c1-19(2)11-15(12-20(3,4)23(19)27)29-17(25)9-10-18(26)30-16-13-21(5,6)24(28)22(7,8)14-16/h15-16,27H,9-14H2,1-8H3. The maximum Gasteiger partial charge on any atom is 0.306 e. The molecule has 0 amide bonds. The van der Waals surface area contributed by atoms with Crippen LogP contribution in [0.25, 0.3) is 0 Å². The van der Waals surface area contributed by atoms with Gasteiger partial charge in [0.05, 0.1) is 12.8 Å². The summed E-state index contributed by atoms with van der Waals surface area (Å²) in [6.45, 7) is 15.0. The van der Waals surface area contributed by atoms with Crippen LogP contribution in [0.1, 0.15) is 93.9 Å².